The molecule has 1 atom stereocenters. The second-order valence-electron chi connectivity index (χ2n) is 9.52. The number of aryl methyl sites for hydroxylation is 1. The molecule has 6 heteroatoms. The highest BCUT2D eigenvalue weighted by Crippen LogP contribution is 2.34. The van der Waals surface area contributed by atoms with Gasteiger partial charge in [0.2, 0.25) is 5.91 Å². The van der Waals surface area contributed by atoms with E-state index in [9.17, 15) is 4.79 Å². The van der Waals surface area contributed by atoms with Crippen molar-refractivity contribution in [1.82, 2.24) is 19.4 Å². The van der Waals surface area contributed by atoms with Gasteiger partial charge in [0.25, 0.3) is 0 Å². The van der Waals surface area contributed by atoms with Gasteiger partial charge in [-0.1, -0.05) is 12.1 Å². The Hall–Kier alpha value is -3.41. The largest absolute Gasteiger partial charge is 0.382 e. The summed E-state index contributed by atoms with van der Waals surface area (Å²) in [5.41, 5.74) is 6.30. The summed E-state index contributed by atoms with van der Waals surface area (Å²) in [5.74, 6) is 0.674. The number of benzene rings is 2. The summed E-state index contributed by atoms with van der Waals surface area (Å²) in [6.07, 6.45) is 10.8. The maximum absolute atomic E-state index is 12.5. The van der Waals surface area contributed by atoms with Crippen molar-refractivity contribution in [3.05, 3.63) is 55.0 Å². The number of amides is 1. The average Bonchev–Trinajstić information content (AvgIpc) is 3.65. The number of rotatable bonds is 4. The minimum absolute atomic E-state index is 0.303. The molecule has 6 nitrogen and oxygen atoms in total. The highest BCUT2D eigenvalue weighted by molar-refractivity contribution is 5.97. The molecule has 0 radical (unpaired) electrons. The molecule has 2 aromatic heterocycles. The van der Waals surface area contributed by atoms with E-state index in [-0.39, 0.29) is 0 Å². The van der Waals surface area contributed by atoms with Gasteiger partial charge in [-0.3, -0.25) is 14.8 Å². The minimum Gasteiger partial charge on any atom is -0.382 e. The number of fused-ring (bicyclic) bond motifs is 2. The Bertz CT molecular complexity index is 1340. The van der Waals surface area contributed by atoms with Gasteiger partial charge in [0.1, 0.15) is 0 Å². The highest BCUT2D eigenvalue weighted by Gasteiger charge is 2.34. The third-order valence-electron chi connectivity index (χ3n) is 7.11. The lowest BCUT2D eigenvalue weighted by atomic mass is 10.0. The van der Waals surface area contributed by atoms with E-state index in [0.717, 1.165) is 73.0 Å². The van der Waals surface area contributed by atoms with Crippen molar-refractivity contribution in [2.75, 3.05) is 18.4 Å². The molecule has 2 aromatic carbocycles. The zero-order chi connectivity index (χ0) is 22.4. The first-order chi connectivity index (χ1) is 16.2. The number of hydrogen-bond acceptors (Lipinski definition) is 4. The fraction of sp³-hybridized carbons (Fsp3) is 0.370. The zero-order valence-electron chi connectivity index (χ0n) is 19.0. The zero-order valence-corrected chi connectivity index (χ0v) is 19.0. The third kappa shape index (κ3) is 3.94. The van der Waals surface area contributed by atoms with Crippen molar-refractivity contribution in [2.45, 2.75) is 38.1 Å². The van der Waals surface area contributed by atoms with Crippen molar-refractivity contribution in [3.8, 4) is 11.1 Å². The average molecular weight is 440 g/mol. The molecule has 2 fully saturated rings. The first kappa shape index (κ1) is 20.2. The molecule has 0 bridgehead atoms. The predicted octanol–water partition coefficient (Wildman–Crippen LogP) is 4.99. The van der Waals surface area contributed by atoms with Gasteiger partial charge in [-0.15, -0.1) is 0 Å². The molecule has 1 aliphatic heterocycles. The van der Waals surface area contributed by atoms with Crippen LogP contribution in [0.15, 0.2) is 55.0 Å². The summed E-state index contributed by atoms with van der Waals surface area (Å²) in [6.45, 7) is 1.73. The number of carbonyl (C=O) groups is 1. The Labute approximate surface area is 193 Å². The van der Waals surface area contributed by atoms with Crippen molar-refractivity contribution in [2.24, 2.45) is 13.0 Å². The molecule has 1 aliphatic carbocycles. The molecule has 2 aliphatic rings. The topological polar surface area (TPSA) is 63.1 Å². The summed E-state index contributed by atoms with van der Waals surface area (Å²) in [4.78, 5) is 23.9. The van der Waals surface area contributed by atoms with Crippen LogP contribution in [0.1, 0.15) is 32.1 Å². The lowest BCUT2D eigenvalue weighted by Crippen LogP contribution is -2.33. The fourth-order valence-corrected chi connectivity index (χ4v) is 5.09. The van der Waals surface area contributed by atoms with Gasteiger partial charge in [-0.05, 0) is 67.3 Å². The minimum atomic E-state index is 0.303. The standard InChI is InChI=1S/C27H29N5O/c1-31-13-8-18-4-7-20(15-25(18)31)23-16-22(17-24-26(23)29-11-10-28-24)30-21-3-2-12-32(14-9-21)27(33)19-5-6-19/h4,7-8,10-11,13,15-17,19,21,30H,2-3,5-6,9,12,14H2,1H3. The number of hydrogen-bond donors (Lipinski definition) is 1. The molecule has 6 rings (SSSR count). The van der Waals surface area contributed by atoms with E-state index in [0.29, 0.717) is 17.9 Å². The molecule has 1 saturated carbocycles. The number of aromatic nitrogens is 3. The molecule has 1 amide bonds. The summed E-state index contributed by atoms with van der Waals surface area (Å²) in [5, 5.41) is 4.99. The van der Waals surface area contributed by atoms with E-state index >= 15 is 0 Å². The molecule has 0 spiro atoms. The highest BCUT2D eigenvalue weighted by atomic mass is 16.2. The number of nitrogens with zero attached hydrogens (tertiary/aromatic N) is 4. The lowest BCUT2D eigenvalue weighted by Gasteiger charge is -2.21. The smallest absolute Gasteiger partial charge is 0.225 e. The Balaban J connectivity index is 1.30. The summed E-state index contributed by atoms with van der Waals surface area (Å²) in [7, 11) is 2.07. The van der Waals surface area contributed by atoms with Gasteiger partial charge in [-0.25, -0.2) is 0 Å². The van der Waals surface area contributed by atoms with E-state index in [1.807, 2.05) is 0 Å². The maximum Gasteiger partial charge on any atom is 0.225 e. The van der Waals surface area contributed by atoms with Gasteiger partial charge in [0, 0.05) is 67.5 Å². The summed E-state index contributed by atoms with van der Waals surface area (Å²) >= 11 is 0. The molecule has 3 heterocycles. The van der Waals surface area contributed by atoms with E-state index in [2.05, 4.69) is 74.4 Å². The fourth-order valence-electron chi connectivity index (χ4n) is 5.09. The van der Waals surface area contributed by atoms with Crippen LogP contribution in [0.2, 0.25) is 0 Å². The molecule has 33 heavy (non-hydrogen) atoms. The Morgan fingerprint density at radius 2 is 1.88 bits per heavy atom. The second kappa shape index (κ2) is 8.18. The van der Waals surface area contributed by atoms with Crippen LogP contribution in [0.3, 0.4) is 0 Å². The van der Waals surface area contributed by atoms with E-state index in [1.54, 1.807) is 12.4 Å². The molecule has 168 valence electrons. The number of anilines is 1. The Kier molecular flexibility index (Phi) is 5.01. The number of likely N-dealkylation sites (tertiary alicyclic amines) is 1. The predicted molar refractivity (Wildman–Crippen MR) is 132 cm³/mol. The first-order valence-corrected chi connectivity index (χ1v) is 12.0. The maximum atomic E-state index is 12.5. The van der Waals surface area contributed by atoms with Crippen LogP contribution in [0.25, 0.3) is 33.1 Å². The van der Waals surface area contributed by atoms with Crippen LogP contribution in [-0.2, 0) is 11.8 Å². The van der Waals surface area contributed by atoms with Crippen LogP contribution in [0.5, 0.6) is 0 Å². The molecular weight excluding hydrogens is 410 g/mol. The Morgan fingerprint density at radius 1 is 1.00 bits per heavy atom. The molecule has 4 aromatic rings. The van der Waals surface area contributed by atoms with Crippen LogP contribution in [-0.4, -0.2) is 44.5 Å². The van der Waals surface area contributed by atoms with Gasteiger partial charge in [0.05, 0.1) is 11.0 Å². The quantitative estimate of drug-likeness (QED) is 0.487. The van der Waals surface area contributed by atoms with Crippen molar-refractivity contribution < 1.29 is 4.79 Å². The van der Waals surface area contributed by atoms with E-state index < -0.39 is 0 Å². The number of carbonyl (C=O) groups excluding carboxylic acids is 1. The van der Waals surface area contributed by atoms with Gasteiger partial charge < -0.3 is 14.8 Å². The second-order valence-corrected chi connectivity index (χ2v) is 9.52. The first-order valence-electron chi connectivity index (χ1n) is 12.0. The van der Waals surface area contributed by atoms with E-state index in [4.69, 9.17) is 0 Å². The molecule has 1 N–H and O–H groups in total. The van der Waals surface area contributed by atoms with E-state index in [1.165, 1.54) is 10.9 Å². The van der Waals surface area contributed by atoms with Crippen molar-refractivity contribution >= 4 is 33.5 Å². The van der Waals surface area contributed by atoms with Crippen LogP contribution >= 0.6 is 0 Å². The SMILES string of the molecule is Cn1ccc2ccc(-c3cc(NC4CCCN(C(=O)C5CC5)CC4)cc4nccnc34)cc21. The van der Waals surface area contributed by atoms with Crippen LogP contribution in [0.4, 0.5) is 5.69 Å². The summed E-state index contributed by atoms with van der Waals surface area (Å²) < 4.78 is 2.15. The van der Waals surface area contributed by atoms with Crippen LogP contribution in [0, 0.1) is 5.92 Å². The molecule has 1 saturated heterocycles. The number of nitrogens with one attached hydrogen (secondary N) is 1. The van der Waals surface area contributed by atoms with Crippen molar-refractivity contribution in [1.29, 1.82) is 0 Å². The van der Waals surface area contributed by atoms with Gasteiger partial charge >= 0.3 is 0 Å². The van der Waals surface area contributed by atoms with Crippen LogP contribution < -0.4 is 5.32 Å². The monoisotopic (exact) mass is 439 g/mol. The van der Waals surface area contributed by atoms with Gasteiger partial charge in [-0.2, -0.15) is 0 Å². The molecular formula is C27H29N5O. The third-order valence-corrected chi connectivity index (χ3v) is 7.11. The van der Waals surface area contributed by atoms with Gasteiger partial charge in [0.15, 0.2) is 0 Å². The summed E-state index contributed by atoms with van der Waals surface area (Å²) in [6, 6.07) is 13.4. The van der Waals surface area contributed by atoms with Crippen molar-refractivity contribution in [3.63, 3.8) is 0 Å². The normalized spacial score (nSPS) is 19.1. The lowest BCUT2D eigenvalue weighted by molar-refractivity contribution is -0.132. The Morgan fingerprint density at radius 3 is 2.76 bits per heavy atom. The molecule has 1 unspecified atom stereocenters.